The first-order valence-electron chi connectivity index (χ1n) is 6.03. The lowest BCUT2D eigenvalue weighted by Gasteiger charge is -2.29. The Morgan fingerprint density at radius 3 is 2.21 bits per heavy atom. The smallest absolute Gasteiger partial charge is 0.0163 e. The van der Waals surface area contributed by atoms with Gasteiger partial charge in [0.05, 0.1) is 0 Å². The molecule has 0 aliphatic rings. The van der Waals surface area contributed by atoms with Crippen LogP contribution in [0.25, 0.3) is 0 Å². The highest BCUT2D eigenvalue weighted by molar-refractivity contribution is 4.69. The van der Waals surface area contributed by atoms with Crippen molar-refractivity contribution in [1.82, 2.24) is 10.2 Å². The van der Waals surface area contributed by atoms with E-state index in [4.69, 9.17) is 0 Å². The lowest BCUT2D eigenvalue weighted by atomic mass is 10.2. The Kier molecular flexibility index (Phi) is 8.20. The standard InChI is InChI=1S/C12H28N2/c1-6-7-8-9-14(11(2)3)10-12(4)13-5/h11-13H,6-10H2,1-5H3. The molecule has 0 aliphatic heterocycles. The Balaban J connectivity index is 3.77. The molecule has 1 unspecified atom stereocenters. The molecule has 0 spiro atoms. The van der Waals surface area contributed by atoms with E-state index < -0.39 is 0 Å². The highest BCUT2D eigenvalue weighted by Crippen LogP contribution is 2.04. The van der Waals surface area contributed by atoms with Gasteiger partial charge in [0.15, 0.2) is 0 Å². The van der Waals surface area contributed by atoms with E-state index in [2.05, 4.69) is 37.9 Å². The minimum atomic E-state index is 0.596. The number of rotatable bonds is 8. The third-order valence-electron chi connectivity index (χ3n) is 2.78. The van der Waals surface area contributed by atoms with Gasteiger partial charge in [-0.3, -0.25) is 4.90 Å². The van der Waals surface area contributed by atoms with Gasteiger partial charge in [-0.1, -0.05) is 19.8 Å². The molecule has 0 radical (unpaired) electrons. The molecular weight excluding hydrogens is 172 g/mol. The summed E-state index contributed by atoms with van der Waals surface area (Å²) in [6, 6.07) is 1.27. The number of unbranched alkanes of at least 4 members (excludes halogenated alkanes) is 2. The van der Waals surface area contributed by atoms with Gasteiger partial charge < -0.3 is 5.32 Å². The highest BCUT2D eigenvalue weighted by atomic mass is 15.2. The topological polar surface area (TPSA) is 15.3 Å². The van der Waals surface area contributed by atoms with Crippen molar-refractivity contribution in [2.45, 2.75) is 59.0 Å². The van der Waals surface area contributed by atoms with Gasteiger partial charge in [-0.2, -0.15) is 0 Å². The van der Waals surface area contributed by atoms with Gasteiger partial charge >= 0.3 is 0 Å². The average Bonchev–Trinajstić information content (AvgIpc) is 2.16. The Bertz CT molecular complexity index is 123. The van der Waals surface area contributed by atoms with Crippen LogP contribution >= 0.6 is 0 Å². The van der Waals surface area contributed by atoms with E-state index in [0.29, 0.717) is 12.1 Å². The van der Waals surface area contributed by atoms with Crippen LogP contribution in [0.2, 0.25) is 0 Å². The second kappa shape index (κ2) is 8.25. The normalized spacial score (nSPS) is 13.9. The summed E-state index contributed by atoms with van der Waals surface area (Å²) in [5.74, 6) is 0. The number of likely N-dealkylation sites (N-methyl/N-ethyl adjacent to an activating group) is 1. The van der Waals surface area contributed by atoms with E-state index in [9.17, 15) is 0 Å². The summed E-state index contributed by atoms with van der Waals surface area (Å²) in [6.45, 7) is 11.5. The summed E-state index contributed by atoms with van der Waals surface area (Å²) < 4.78 is 0. The maximum absolute atomic E-state index is 3.30. The molecule has 0 aromatic carbocycles. The second-order valence-corrected chi connectivity index (χ2v) is 4.49. The Hall–Kier alpha value is -0.0800. The van der Waals surface area contributed by atoms with Crippen LogP contribution in [0.15, 0.2) is 0 Å². The first-order valence-corrected chi connectivity index (χ1v) is 6.03. The minimum Gasteiger partial charge on any atom is -0.316 e. The summed E-state index contributed by atoms with van der Waals surface area (Å²) in [7, 11) is 2.04. The fourth-order valence-corrected chi connectivity index (χ4v) is 1.57. The van der Waals surface area contributed by atoms with Gasteiger partial charge in [-0.15, -0.1) is 0 Å². The first-order chi connectivity index (χ1) is 6.61. The number of nitrogens with one attached hydrogen (secondary N) is 1. The Morgan fingerprint density at radius 1 is 1.14 bits per heavy atom. The summed E-state index contributed by atoms with van der Waals surface area (Å²) in [5.41, 5.74) is 0. The molecule has 2 nitrogen and oxygen atoms in total. The van der Waals surface area contributed by atoms with E-state index in [1.54, 1.807) is 0 Å². The molecule has 0 bridgehead atoms. The van der Waals surface area contributed by atoms with Gasteiger partial charge in [-0.05, 0) is 40.8 Å². The molecule has 0 aromatic rings. The predicted molar refractivity (Wildman–Crippen MR) is 64.8 cm³/mol. The maximum Gasteiger partial charge on any atom is 0.0163 e. The first kappa shape index (κ1) is 13.9. The van der Waals surface area contributed by atoms with Crippen molar-refractivity contribution in [2.75, 3.05) is 20.1 Å². The third kappa shape index (κ3) is 6.39. The second-order valence-electron chi connectivity index (χ2n) is 4.49. The highest BCUT2D eigenvalue weighted by Gasteiger charge is 2.11. The molecular formula is C12H28N2. The molecule has 86 valence electrons. The van der Waals surface area contributed by atoms with E-state index in [-0.39, 0.29) is 0 Å². The van der Waals surface area contributed by atoms with E-state index in [0.717, 1.165) is 6.54 Å². The minimum absolute atomic E-state index is 0.596. The van der Waals surface area contributed by atoms with Crippen LogP contribution < -0.4 is 5.32 Å². The number of nitrogens with zero attached hydrogens (tertiary/aromatic N) is 1. The quantitative estimate of drug-likeness (QED) is 0.606. The molecule has 0 saturated heterocycles. The van der Waals surface area contributed by atoms with Crippen LogP contribution in [0.1, 0.15) is 47.0 Å². The summed E-state index contributed by atoms with van der Waals surface area (Å²) >= 11 is 0. The molecule has 0 saturated carbocycles. The van der Waals surface area contributed by atoms with Crippen LogP contribution in [0, 0.1) is 0 Å². The van der Waals surface area contributed by atoms with Crippen LogP contribution in [-0.2, 0) is 0 Å². The Labute approximate surface area is 90.1 Å². The fraction of sp³-hybridized carbons (Fsp3) is 1.00. The van der Waals surface area contributed by atoms with Crippen LogP contribution in [0.5, 0.6) is 0 Å². The molecule has 1 atom stereocenters. The zero-order chi connectivity index (χ0) is 11.0. The average molecular weight is 200 g/mol. The molecule has 14 heavy (non-hydrogen) atoms. The van der Waals surface area contributed by atoms with Crippen molar-refractivity contribution in [2.24, 2.45) is 0 Å². The van der Waals surface area contributed by atoms with Crippen molar-refractivity contribution >= 4 is 0 Å². The molecule has 1 N–H and O–H groups in total. The summed E-state index contributed by atoms with van der Waals surface area (Å²) in [4.78, 5) is 2.57. The van der Waals surface area contributed by atoms with Gasteiger partial charge in [-0.25, -0.2) is 0 Å². The van der Waals surface area contributed by atoms with Crippen molar-refractivity contribution < 1.29 is 0 Å². The monoisotopic (exact) mass is 200 g/mol. The van der Waals surface area contributed by atoms with Crippen LogP contribution in [0.3, 0.4) is 0 Å². The fourth-order valence-electron chi connectivity index (χ4n) is 1.57. The van der Waals surface area contributed by atoms with Crippen molar-refractivity contribution in [3.63, 3.8) is 0 Å². The summed E-state index contributed by atoms with van der Waals surface area (Å²) in [6.07, 6.45) is 4.01. The van der Waals surface area contributed by atoms with Crippen molar-refractivity contribution in [3.8, 4) is 0 Å². The zero-order valence-electron chi connectivity index (χ0n) is 10.6. The lowest BCUT2D eigenvalue weighted by molar-refractivity contribution is 0.200. The van der Waals surface area contributed by atoms with Crippen molar-refractivity contribution in [1.29, 1.82) is 0 Å². The molecule has 0 aromatic heterocycles. The molecule has 2 heteroatoms. The largest absolute Gasteiger partial charge is 0.316 e. The van der Waals surface area contributed by atoms with E-state index in [1.165, 1.54) is 25.8 Å². The molecule has 0 aliphatic carbocycles. The Morgan fingerprint density at radius 2 is 1.79 bits per heavy atom. The molecule has 0 fully saturated rings. The summed E-state index contributed by atoms with van der Waals surface area (Å²) in [5, 5.41) is 3.30. The van der Waals surface area contributed by atoms with Gasteiger partial charge in [0.1, 0.15) is 0 Å². The van der Waals surface area contributed by atoms with E-state index >= 15 is 0 Å². The zero-order valence-corrected chi connectivity index (χ0v) is 10.6. The maximum atomic E-state index is 3.30. The predicted octanol–water partition coefficient (Wildman–Crippen LogP) is 2.49. The van der Waals surface area contributed by atoms with Crippen LogP contribution in [0.4, 0.5) is 0 Å². The molecule has 0 rings (SSSR count). The lowest BCUT2D eigenvalue weighted by Crippen LogP contribution is -2.41. The third-order valence-corrected chi connectivity index (χ3v) is 2.78. The van der Waals surface area contributed by atoms with Crippen LogP contribution in [-0.4, -0.2) is 37.1 Å². The molecule has 0 heterocycles. The number of hydrogen-bond acceptors (Lipinski definition) is 2. The SMILES string of the molecule is CCCCCN(CC(C)NC)C(C)C. The van der Waals surface area contributed by atoms with Gasteiger partial charge in [0.2, 0.25) is 0 Å². The van der Waals surface area contributed by atoms with Gasteiger partial charge in [0.25, 0.3) is 0 Å². The van der Waals surface area contributed by atoms with Crippen molar-refractivity contribution in [3.05, 3.63) is 0 Å². The number of hydrogen-bond donors (Lipinski definition) is 1. The van der Waals surface area contributed by atoms with E-state index in [1.807, 2.05) is 7.05 Å². The van der Waals surface area contributed by atoms with Gasteiger partial charge in [0, 0.05) is 18.6 Å². The molecule has 0 amide bonds.